The van der Waals surface area contributed by atoms with E-state index < -0.39 is 5.97 Å². The zero-order chi connectivity index (χ0) is 13.5. The molecule has 0 aromatic carbocycles. The van der Waals surface area contributed by atoms with Crippen LogP contribution in [0.1, 0.15) is 47.4 Å². The maximum absolute atomic E-state index is 12.0. The van der Waals surface area contributed by atoms with Crippen LogP contribution in [-0.4, -0.2) is 23.4 Å². The van der Waals surface area contributed by atoms with Gasteiger partial charge in [0.1, 0.15) is 0 Å². The fraction of sp³-hybridized carbons (Fsp3) is 0.462. The van der Waals surface area contributed by atoms with Crippen LogP contribution in [0.4, 0.5) is 0 Å². The van der Waals surface area contributed by atoms with E-state index >= 15 is 0 Å². The van der Waals surface area contributed by atoms with E-state index in [2.05, 4.69) is 4.74 Å². The molecule has 5 nitrogen and oxygen atoms in total. The van der Waals surface area contributed by atoms with Crippen molar-refractivity contribution >= 4 is 11.8 Å². The predicted octanol–water partition coefficient (Wildman–Crippen LogP) is 1.35. The number of ketones is 1. The van der Waals surface area contributed by atoms with Gasteiger partial charge in [0.05, 0.1) is 12.7 Å². The van der Waals surface area contributed by atoms with Gasteiger partial charge in [-0.1, -0.05) is 0 Å². The summed E-state index contributed by atoms with van der Waals surface area (Å²) in [7, 11) is 1.25. The summed E-state index contributed by atoms with van der Waals surface area (Å²) in [6.45, 7) is 3.27. The number of hydrogen-bond acceptors (Lipinski definition) is 4. The van der Waals surface area contributed by atoms with Crippen LogP contribution in [0.2, 0.25) is 0 Å². The normalized spacial score (nSPS) is 16.2. The molecule has 0 saturated heterocycles. The third kappa shape index (κ3) is 1.96. The zero-order valence-corrected chi connectivity index (χ0v) is 10.6. The van der Waals surface area contributed by atoms with E-state index in [0.29, 0.717) is 0 Å². The average molecular weight is 249 g/mol. The molecule has 1 aromatic heterocycles. The average Bonchev–Trinajstić information content (AvgIpc) is 3.06. The van der Waals surface area contributed by atoms with Crippen molar-refractivity contribution in [2.45, 2.75) is 32.2 Å². The Kier molecular flexibility index (Phi) is 2.84. The van der Waals surface area contributed by atoms with Crippen molar-refractivity contribution in [3.05, 3.63) is 33.7 Å². The number of hydrogen-bond donors (Lipinski definition) is 0. The van der Waals surface area contributed by atoms with Crippen LogP contribution in [0.25, 0.3) is 0 Å². The Balaban J connectivity index is 2.64. The number of aromatic nitrogens is 1. The molecule has 0 amide bonds. The van der Waals surface area contributed by atoms with Gasteiger partial charge in [0.2, 0.25) is 0 Å². The van der Waals surface area contributed by atoms with Crippen LogP contribution in [0.5, 0.6) is 0 Å². The smallest absolute Gasteiger partial charge is 0.340 e. The van der Waals surface area contributed by atoms with Crippen molar-refractivity contribution in [2.24, 2.45) is 0 Å². The molecule has 1 heterocycles. The number of esters is 1. The van der Waals surface area contributed by atoms with Gasteiger partial charge in [-0.2, -0.15) is 0 Å². The second kappa shape index (κ2) is 4.08. The first kappa shape index (κ1) is 12.5. The second-order valence-electron chi connectivity index (χ2n) is 4.85. The lowest BCUT2D eigenvalue weighted by molar-refractivity contribution is 0.0596. The summed E-state index contributed by atoms with van der Waals surface area (Å²) in [4.78, 5) is 35.1. The first-order chi connectivity index (χ1) is 8.39. The van der Waals surface area contributed by atoms with Gasteiger partial charge >= 0.3 is 5.97 Å². The molecular weight excluding hydrogens is 234 g/mol. The molecule has 0 atom stereocenters. The Morgan fingerprint density at radius 3 is 2.39 bits per heavy atom. The van der Waals surface area contributed by atoms with Gasteiger partial charge < -0.3 is 9.30 Å². The van der Waals surface area contributed by atoms with E-state index in [1.165, 1.54) is 30.9 Å². The Labute approximate surface area is 104 Å². The summed E-state index contributed by atoms with van der Waals surface area (Å²) in [6.07, 6.45) is 3.23. The number of pyridine rings is 1. The summed E-state index contributed by atoms with van der Waals surface area (Å²) in [5, 5.41) is 0. The number of carbonyl (C=O) groups is 2. The van der Waals surface area contributed by atoms with Crippen molar-refractivity contribution in [3.8, 4) is 0 Å². The molecule has 1 fully saturated rings. The lowest BCUT2D eigenvalue weighted by Gasteiger charge is -2.15. The van der Waals surface area contributed by atoms with Gasteiger partial charge in [-0.3, -0.25) is 9.59 Å². The maximum atomic E-state index is 12.0. The number of rotatable bonds is 3. The fourth-order valence-corrected chi connectivity index (χ4v) is 1.94. The third-order valence-electron chi connectivity index (χ3n) is 3.39. The molecule has 5 heteroatoms. The highest BCUT2D eigenvalue weighted by atomic mass is 16.5. The minimum absolute atomic E-state index is 0.118. The summed E-state index contributed by atoms with van der Waals surface area (Å²) in [5.41, 5.74) is -0.215. The molecule has 0 unspecified atom stereocenters. The Bertz CT molecular complexity index is 581. The number of carbonyl (C=O) groups excluding carboxylic acids is 2. The molecule has 0 N–H and O–H groups in total. The molecule has 1 aliphatic rings. The number of methoxy groups -OCH3 is 1. The second-order valence-corrected chi connectivity index (χ2v) is 4.85. The number of Topliss-reactive ketones (excluding diaryl/α,β-unsaturated/α-hetero) is 1. The summed E-state index contributed by atoms with van der Waals surface area (Å²) in [6, 6.07) is 1.22. The molecule has 18 heavy (non-hydrogen) atoms. The minimum atomic E-state index is -0.599. The highest BCUT2D eigenvalue weighted by Crippen LogP contribution is 2.41. The van der Waals surface area contributed by atoms with Crippen LogP contribution in [0.15, 0.2) is 17.1 Å². The van der Waals surface area contributed by atoms with Crippen molar-refractivity contribution in [3.63, 3.8) is 0 Å². The molecule has 0 aliphatic heterocycles. The van der Waals surface area contributed by atoms with E-state index in [9.17, 15) is 14.4 Å². The molecule has 0 bridgehead atoms. The highest BCUT2D eigenvalue weighted by molar-refractivity contribution is 6.05. The van der Waals surface area contributed by atoms with E-state index in [1.807, 2.05) is 6.92 Å². The van der Waals surface area contributed by atoms with Gasteiger partial charge in [0, 0.05) is 23.4 Å². The van der Waals surface area contributed by atoms with Gasteiger partial charge in [0.25, 0.3) is 5.56 Å². The van der Waals surface area contributed by atoms with E-state index in [0.717, 1.165) is 12.8 Å². The van der Waals surface area contributed by atoms with Gasteiger partial charge in [-0.25, -0.2) is 4.79 Å². The highest BCUT2D eigenvalue weighted by Gasteiger charge is 2.40. The topological polar surface area (TPSA) is 65.4 Å². The first-order valence-corrected chi connectivity index (χ1v) is 5.75. The molecule has 1 aliphatic carbocycles. The SMILES string of the molecule is COC(=O)c1cn(C2(C)CC2)c(=O)cc1C(C)=O. The standard InChI is InChI=1S/C13H15NO4/c1-8(15)9-6-11(16)14(13(2)4-5-13)7-10(9)12(17)18-3/h6-7H,4-5H2,1-3H3. The molecule has 1 saturated carbocycles. The predicted molar refractivity (Wildman–Crippen MR) is 64.9 cm³/mol. The Morgan fingerprint density at radius 2 is 1.94 bits per heavy atom. The minimum Gasteiger partial charge on any atom is -0.465 e. The van der Waals surface area contributed by atoms with Gasteiger partial charge in [-0.05, 0) is 26.7 Å². The summed E-state index contributed by atoms with van der Waals surface area (Å²) in [5.74, 6) is -0.918. The Hall–Kier alpha value is -1.91. The van der Waals surface area contributed by atoms with E-state index in [-0.39, 0.29) is 28.0 Å². The van der Waals surface area contributed by atoms with E-state index in [4.69, 9.17) is 0 Å². The molecule has 96 valence electrons. The van der Waals surface area contributed by atoms with Gasteiger partial charge in [-0.15, -0.1) is 0 Å². The van der Waals surface area contributed by atoms with Crippen molar-refractivity contribution < 1.29 is 14.3 Å². The Morgan fingerprint density at radius 1 is 1.33 bits per heavy atom. The summed E-state index contributed by atoms with van der Waals surface area (Å²) >= 11 is 0. The van der Waals surface area contributed by atoms with Crippen LogP contribution >= 0.6 is 0 Å². The van der Waals surface area contributed by atoms with E-state index in [1.54, 1.807) is 0 Å². The van der Waals surface area contributed by atoms with Crippen LogP contribution in [0.3, 0.4) is 0 Å². The fourth-order valence-electron chi connectivity index (χ4n) is 1.94. The molecule has 1 aromatic rings. The largest absolute Gasteiger partial charge is 0.465 e. The van der Waals surface area contributed by atoms with Crippen LogP contribution in [0, 0.1) is 0 Å². The van der Waals surface area contributed by atoms with Crippen LogP contribution in [-0.2, 0) is 10.3 Å². The maximum Gasteiger partial charge on any atom is 0.340 e. The molecule has 2 rings (SSSR count). The zero-order valence-electron chi connectivity index (χ0n) is 10.6. The first-order valence-electron chi connectivity index (χ1n) is 5.75. The molecule has 0 radical (unpaired) electrons. The van der Waals surface area contributed by atoms with Crippen molar-refractivity contribution in [1.29, 1.82) is 0 Å². The number of ether oxygens (including phenoxy) is 1. The number of nitrogens with zero attached hydrogens (tertiary/aromatic N) is 1. The quantitative estimate of drug-likeness (QED) is 0.599. The van der Waals surface area contributed by atoms with Crippen molar-refractivity contribution in [1.82, 2.24) is 4.57 Å². The summed E-state index contributed by atoms with van der Waals surface area (Å²) < 4.78 is 6.17. The monoisotopic (exact) mass is 249 g/mol. The van der Waals surface area contributed by atoms with Gasteiger partial charge in [0.15, 0.2) is 5.78 Å². The van der Waals surface area contributed by atoms with Crippen molar-refractivity contribution in [2.75, 3.05) is 7.11 Å². The lowest BCUT2D eigenvalue weighted by Crippen LogP contribution is -2.30. The third-order valence-corrected chi connectivity index (χ3v) is 3.39. The lowest BCUT2D eigenvalue weighted by atomic mass is 10.1. The molecule has 0 spiro atoms. The molecular formula is C13H15NO4. The van der Waals surface area contributed by atoms with Crippen LogP contribution < -0.4 is 5.56 Å².